The van der Waals surface area contributed by atoms with Gasteiger partial charge in [0, 0.05) is 37.7 Å². The molecule has 6 heteroatoms. The van der Waals surface area contributed by atoms with E-state index in [-0.39, 0.29) is 11.8 Å². The van der Waals surface area contributed by atoms with Gasteiger partial charge in [0.15, 0.2) is 0 Å². The number of amides is 1. The van der Waals surface area contributed by atoms with Crippen LogP contribution in [0.15, 0.2) is 91.4 Å². The third-order valence-electron chi connectivity index (χ3n) is 6.48. The summed E-state index contributed by atoms with van der Waals surface area (Å²) in [6, 6.07) is 24.4. The summed E-state index contributed by atoms with van der Waals surface area (Å²) in [5.41, 5.74) is 3.41. The first kappa shape index (κ1) is 21.2. The van der Waals surface area contributed by atoms with E-state index in [1.807, 2.05) is 71.5 Å². The van der Waals surface area contributed by atoms with Crippen molar-refractivity contribution in [1.29, 1.82) is 0 Å². The maximum Gasteiger partial charge on any atom is 0.223 e. The lowest BCUT2D eigenvalue weighted by atomic mass is 9.95. The lowest BCUT2D eigenvalue weighted by Gasteiger charge is -2.28. The van der Waals surface area contributed by atoms with Crippen LogP contribution < -0.4 is 10.2 Å². The van der Waals surface area contributed by atoms with Crippen LogP contribution in [0.4, 0.5) is 0 Å². The number of quaternary nitrogens is 1. The number of aromatic nitrogens is 3. The minimum atomic E-state index is 0.105. The Hall–Kier alpha value is -3.64. The monoisotopic (exact) mass is 440 g/mol. The number of hydrogen-bond acceptors (Lipinski definition) is 2. The van der Waals surface area contributed by atoms with Gasteiger partial charge in [-0.2, -0.15) is 5.10 Å². The van der Waals surface area contributed by atoms with Crippen LogP contribution in [0, 0.1) is 5.92 Å². The van der Waals surface area contributed by atoms with Gasteiger partial charge in [-0.25, -0.2) is 4.68 Å². The zero-order valence-corrected chi connectivity index (χ0v) is 18.7. The van der Waals surface area contributed by atoms with Crippen LogP contribution in [0.1, 0.15) is 24.0 Å². The lowest BCUT2D eigenvalue weighted by molar-refractivity contribution is -0.919. The summed E-state index contributed by atoms with van der Waals surface area (Å²) < 4.78 is 4.15. The first-order valence-corrected chi connectivity index (χ1v) is 11.7. The fourth-order valence-electron chi connectivity index (χ4n) is 4.67. The van der Waals surface area contributed by atoms with Crippen LogP contribution in [0.2, 0.25) is 0 Å². The van der Waals surface area contributed by atoms with Crippen LogP contribution in [0.25, 0.3) is 11.5 Å². The third-order valence-corrected chi connectivity index (χ3v) is 6.48. The zero-order valence-electron chi connectivity index (χ0n) is 18.7. The van der Waals surface area contributed by atoms with Gasteiger partial charge in [0.1, 0.15) is 12.4 Å². The number of para-hydroxylation sites is 1. The maximum atomic E-state index is 12.7. The normalized spacial score (nSPS) is 18.2. The summed E-state index contributed by atoms with van der Waals surface area (Å²) in [6.45, 7) is 3.49. The molecule has 0 atom stereocenters. The molecule has 1 aliphatic rings. The number of nitrogens with one attached hydrogen (secondary N) is 2. The average Bonchev–Trinajstić information content (AvgIpc) is 3.54. The Morgan fingerprint density at radius 2 is 1.61 bits per heavy atom. The van der Waals surface area contributed by atoms with Crippen LogP contribution >= 0.6 is 0 Å². The van der Waals surface area contributed by atoms with Crippen molar-refractivity contribution in [3.8, 4) is 11.5 Å². The minimum absolute atomic E-state index is 0.105. The fourth-order valence-corrected chi connectivity index (χ4v) is 4.67. The van der Waals surface area contributed by atoms with Crippen molar-refractivity contribution in [3.05, 3.63) is 103 Å². The Kier molecular flexibility index (Phi) is 6.35. The zero-order chi connectivity index (χ0) is 22.5. The molecule has 0 saturated carbocycles. The predicted octanol–water partition coefficient (Wildman–Crippen LogP) is 2.77. The van der Waals surface area contributed by atoms with Crippen LogP contribution in [0.5, 0.6) is 0 Å². The van der Waals surface area contributed by atoms with Gasteiger partial charge < -0.3 is 14.8 Å². The summed E-state index contributed by atoms with van der Waals surface area (Å²) in [7, 11) is 0. The molecule has 1 fully saturated rings. The number of piperidine rings is 1. The molecule has 5 rings (SSSR count). The van der Waals surface area contributed by atoms with Gasteiger partial charge >= 0.3 is 0 Å². The molecule has 2 N–H and O–H groups in total. The number of carbonyl (C=O) groups is 1. The van der Waals surface area contributed by atoms with E-state index in [4.69, 9.17) is 5.10 Å². The number of rotatable bonds is 7. The Labute approximate surface area is 194 Å². The molecular weight excluding hydrogens is 410 g/mol. The average molecular weight is 441 g/mol. The van der Waals surface area contributed by atoms with E-state index in [1.54, 1.807) is 0 Å². The van der Waals surface area contributed by atoms with E-state index in [0.717, 1.165) is 49.5 Å². The molecule has 3 heterocycles. The molecule has 2 aromatic heterocycles. The Morgan fingerprint density at radius 3 is 2.30 bits per heavy atom. The number of likely N-dealkylation sites (tertiary alicyclic amines) is 1. The first-order chi connectivity index (χ1) is 16.3. The maximum absolute atomic E-state index is 12.7. The molecule has 0 unspecified atom stereocenters. The summed E-state index contributed by atoms with van der Waals surface area (Å²) in [5.74, 6) is 1.37. The standard InChI is InChI=1S/C27H29N5O/c33-26(28-19-22-9-3-1-4-10-22)23-13-17-30(18-14-23)21-24-20-29-32(25-11-5-2-6-12-25)27(24)31-15-7-8-16-31/h1-12,15-16,20,23H,13-14,17-19,21H2,(H,28,33)/p+1. The highest BCUT2D eigenvalue weighted by Crippen LogP contribution is 2.20. The molecule has 33 heavy (non-hydrogen) atoms. The largest absolute Gasteiger partial charge is 0.352 e. The number of nitrogens with zero attached hydrogens (tertiary/aromatic N) is 3. The number of hydrogen-bond donors (Lipinski definition) is 2. The Balaban J connectivity index is 1.23. The van der Waals surface area contributed by atoms with E-state index in [9.17, 15) is 4.79 Å². The van der Waals surface area contributed by atoms with Crippen LogP contribution in [-0.4, -0.2) is 33.3 Å². The van der Waals surface area contributed by atoms with E-state index < -0.39 is 0 Å². The van der Waals surface area contributed by atoms with Crippen molar-refractivity contribution in [2.75, 3.05) is 13.1 Å². The highest BCUT2D eigenvalue weighted by molar-refractivity contribution is 5.78. The van der Waals surface area contributed by atoms with Crippen molar-refractivity contribution < 1.29 is 9.69 Å². The van der Waals surface area contributed by atoms with E-state index in [1.165, 1.54) is 10.5 Å². The highest BCUT2D eigenvalue weighted by atomic mass is 16.1. The molecule has 2 aromatic carbocycles. The van der Waals surface area contributed by atoms with Crippen molar-refractivity contribution in [1.82, 2.24) is 19.7 Å². The predicted molar refractivity (Wildman–Crippen MR) is 128 cm³/mol. The van der Waals surface area contributed by atoms with Gasteiger partial charge in [-0.3, -0.25) is 4.79 Å². The summed E-state index contributed by atoms with van der Waals surface area (Å²) in [5, 5.41) is 7.84. The van der Waals surface area contributed by atoms with E-state index >= 15 is 0 Å². The second-order valence-electron chi connectivity index (χ2n) is 8.74. The van der Waals surface area contributed by atoms with Gasteiger partial charge in [-0.05, 0) is 29.8 Å². The molecule has 1 aliphatic heterocycles. The quantitative estimate of drug-likeness (QED) is 0.464. The summed E-state index contributed by atoms with van der Waals surface area (Å²) >= 11 is 0. The van der Waals surface area contributed by atoms with Crippen LogP contribution in [0.3, 0.4) is 0 Å². The summed E-state index contributed by atoms with van der Waals surface area (Å²) in [6.07, 6.45) is 7.97. The highest BCUT2D eigenvalue weighted by Gasteiger charge is 2.28. The first-order valence-electron chi connectivity index (χ1n) is 11.7. The SMILES string of the molecule is O=C(NCc1ccccc1)C1CC[NH+](Cc2cnn(-c3ccccc3)c2-n2cccc2)CC1. The molecule has 0 spiro atoms. The molecule has 0 bridgehead atoms. The number of benzene rings is 2. The number of carbonyl (C=O) groups excluding carboxylic acids is 1. The van der Waals surface area contributed by atoms with Gasteiger partial charge in [0.25, 0.3) is 0 Å². The Morgan fingerprint density at radius 1 is 0.939 bits per heavy atom. The summed E-state index contributed by atoms with van der Waals surface area (Å²) in [4.78, 5) is 14.2. The van der Waals surface area contributed by atoms with E-state index in [2.05, 4.69) is 34.4 Å². The van der Waals surface area contributed by atoms with Crippen molar-refractivity contribution in [2.24, 2.45) is 5.92 Å². The van der Waals surface area contributed by atoms with Crippen molar-refractivity contribution in [2.45, 2.75) is 25.9 Å². The second-order valence-corrected chi connectivity index (χ2v) is 8.74. The minimum Gasteiger partial charge on any atom is -0.352 e. The molecule has 6 nitrogen and oxygen atoms in total. The van der Waals surface area contributed by atoms with Crippen molar-refractivity contribution in [3.63, 3.8) is 0 Å². The molecule has 4 aromatic rings. The van der Waals surface area contributed by atoms with Gasteiger partial charge in [-0.1, -0.05) is 48.5 Å². The van der Waals surface area contributed by atoms with E-state index in [0.29, 0.717) is 6.54 Å². The van der Waals surface area contributed by atoms with Crippen molar-refractivity contribution >= 4 is 5.91 Å². The lowest BCUT2D eigenvalue weighted by Crippen LogP contribution is -3.11. The van der Waals surface area contributed by atoms with Gasteiger partial charge in [0.05, 0.1) is 30.5 Å². The fraction of sp³-hybridized carbons (Fsp3) is 0.259. The molecule has 1 saturated heterocycles. The molecule has 168 valence electrons. The Bertz CT molecular complexity index is 1160. The smallest absolute Gasteiger partial charge is 0.223 e. The topological polar surface area (TPSA) is 56.3 Å². The molecule has 1 amide bonds. The molecular formula is C27H30N5O+. The van der Waals surface area contributed by atoms with Gasteiger partial charge in [-0.15, -0.1) is 0 Å². The molecule has 0 radical (unpaired) electrons. The molecule has 0 aliphatic carbocycles. The third kappa shape index (κ3) is 4.91. The van der Waals surface area contributed by atoms with Gasteiger partial charge in [0.2, 0.25) is 5.91 Å². The second kappa shape index (κ2) is 9.88. The van der Waals surface area contributed by atoms with Crippen LogP contribution in [-0.2, 0) is 17.9 Å².